The number of fused-ring (bicyclic) bond motifs is 2. The van der Waals surface area contributed by atoms with Gasteiger partial charge in [0.05, 0.1) is 17.5 Å². The first-order chi connectivity index (χ1) is 9.96. The molecule has 21 heavy (non-hydrogen) atoms. The summed E-state index contributed by atoms with van der Waals surface area (Å²) in [5.41, 5.74) is 0.751. The second-order valence-corrected chi connectivity index (χ2v) is 6.42. The number of aliphatic hydroxyl groups is 1. The molecular formula is C14H16ClN3O3. The van der Waals surface area contributed by atoms with E-state index < -0.39 is 11.9 Å². The van der Waals surface area contributed by atoms with Crippen LogP contribution in [0.2, 0.25) is 5.15 Å². The van der Waals surface area contributed by atoms with Crippen LogP contribution in [0.4, 0.5) is 0 Å². The van der Waals surface area contributed by atoms with E-state index in [9.17, 15) is 5.11 Å². The molecule has 0 amide bonds. The maximum Gasteiger partial charge on any atom is 0.164 e. The first-order valence-corrected chi connectivity index (χ1v) is 7.35. The van der Waals surface area contributed by atoms with Gasteiger partial charge in [-0.05, 0) is 26.3 Å². The number of ether oxygens (including phenoxy) is 2. The number of hydrogen-bond acceptors (Lipinski definition) is 5. The Bertz CT molecular complexity index is 702. The highest BCUT2D eigenvalue weighted by atomic mass is 35.5. The molecule has 3 heterocycles. The van der Waals surface area contributed by atoms with Crippen molar-refractivity contribution in [2.75, 3.05) is 0 Å². The van der Waals surface area contributed by atoms with E-state index in [0.29, 0.717) is 11.6 Å². The van der Waals surface area contributed by atoms with E-state index in [2.05, 4.69) is 9.97 Å². The summed E-state index contributed by atoms with van der Waals surface area (Å²) in [5.74, 6) is -0.676. The van der Waals surface area contributed by atoms with Gasteiger partial charge >= 0.3 is 0 Å². The van der Waals surface area contributed by atoms with Crippen LogP contribution in [0.5, 0.6) is 0 Å². The minimum atomic E-state index is -0.676. The Kier molecular flexibility index (Phi) is 2.81. The van der Waals surface area contributed by atoms with Crippen LogP contribution >= 0.6 is 11.6 Å². The molecule has 112 valence electrons. The van der Waals surface area contributed by atoms with E-state index in [-0.39, 0.29) is 18.2 Å². The third kappa shape index (κ3) is 1.97. The van der Waals surface area contributed by atoms with Gasteiger partial charge in [-0.1, -0.05) is 11.6 Å². The molecule has 4 atom stereocenters. The molecule has 0 aromatic carbocycles. The van der Waals surface area contributed by atoms with Crippen LogP contribution in [0.3, 0.4) is 0 Å². The standard InChI is InChI=1S/C14H16ClN3O3/c1-14(2)20-10-8(5-9(19)11(10)21-14)18-4-3-7-12(15)16-6-17-13(7)18/h3-4,6,8-11,19H,5H2,1-2H3/t8-,9+,10+,11-/m1/s1. The smallest absolute Gasteiger partial charge is 0.164 e. The molecule has 1 saturated heterocycles. The Balaban J connectivity index is 1.77. The summed E-state index contributed by atoms with van der Waals surface area (Å²) in [6.07, 6.45) is 2.88. The fourth-order valence-electron chi connectivity index (χ4n) is 3.41. The monoisotopic (exact) mass is 309 g/mol. The van der Waals surface area contributed by atoms with Crippen molar-refractivity contribution in [3.05, 3.63) is 23.7 Å². The Hall–Kier alpha value is -1.21. The Morgan fingerprint density at radius 1 is 1.33 bits per heavy atom. The third-order valence-corrected chi connectivity index (χ3v) is 4.52. The quantitative estimate of drug-likeness (QED) is 0.815. The molecule has 0 radical (unpaired) electrons. The predicted molar refractivity (Wildman–Crippen MR) is 76.0 cm³/mol. The van der Waals surface area contributed by atoms with Crippen molar-refractivity contribution >= 4 is 22.6 Å². The highest BCUT2D eigenvalue weighted by Gasteiger charge is 2.54. The minimum Gasteiger partial charge on any atom is -0.390 e. The minimum absolute atomic E-state index is 0.0322. The summed E-state index contributed by atoms with van der Waals surface area (Å²) >= 11 is 6.09. The number of rotatable bonds is 1. The molecule has 2 fully saturated rings. The average Bonchev–Trinajstić information content (AvgIpc) is 3.04. The predicted octanol–water partition coefficient (Wildman–Crippen LogP) is 1.91. The summed E-state index contributed by atoms with van der Waals surface area (Å²) in [6.45, 7) is 3.73. The van der Waals surface area contributed by atoms with E-state index in [0.717, 1.165) is 11.0 Å². The molecular weight excluding hydrogens is 294 g/mol. The lowest BCUT2D eigenvalue weighted by Gasteiger charge is -2.23. The van der Waals surface area contributed by atoms with Crippen molar-refractivity contribution < 1.29 is 14.6 Å². The molecule has 1 aliphatic carbocycles. The fourth-order valence-corrected chi connectivity index (χ4v) is 3.60. The Labute approximate surface area is 126 Å². The summed E-state index contributed by atoms with van der Waals surface area (Å²) in [7, 11) is 0. The second kappa shape index (κ2) is 4.39. The van der Waals surface area contributed by atoms with Crippen molar-refractivity contribution in [1.29, 1.82) is 0 Å². The van der Waals surface area contributed by atoms with E-state index in [1.807, 2.05) is 30.7 Å². The van der Waals surface area contributed by atoms with Crippen molar-refractivity contribution in [1.82, 2.24) is 14.5 Å². The van der Waals surface area contributed by atoms with Crippen molar-refractivity contribution in [2.45, 2.75) is 50.4 Å². The zero-order valence-electron chi connectivity index (χ0n) is 11.7. The molecule has 1 N–H and O–H groups in total. The lowest BCUT2D eigenvalue weighted by Crippen LogP contribution is -2.28. The van der Waals surface area contributed by atoms with Crippen LogP contribution in [0.25, 0.3) is 11.0 Å². The van der Waals surface area contributed by atoms with Crippen LogP contribution in [0, 0.1) is 0 Å². The second-order valence-electron chi connectivity index (χ2n) is 6.06. The summed E-state index contributed by atoms with van der Waals surface area (Å²) < 4.78 is 13.8. The lowest BCUT2D eigenvalue weighted by atomic mass is 10.2. The number of aliphatic hydroxyl groups excluding tert-OH is 1. The highest BCUT2D eigenvalue weighted by Crippen LogP contribution is 2.44. The molecule has 2 aliphatic rings. The van der Waals surface area contributed by atoms with Crippen molar-refractivity contribution in [2.24, 2.45) is 0 Å². The fraction of sp³-hybridized carbons (Fsp3) is 0.571. The Morgan fingerprint density at radius 2 is 2.10 bits per heavy atom. The first-order valence-electron chi connectivity index (χ1n) is 6.97. The molecule has 1 saturated carbocycles. The summed E-state index contributed by atoms with van der Waals surface area (Å²) in [4.78, 5) is 8.30. The maximum atomic E-state index is 10.3. The van der Waals surface area contributed by atoms with Gasteiger partial charge in [0.2, 0.25) is 0 Å². The van der Waals surface area contributed by atoms with Crippen LogP contribution < -0.4 is 0 Å². The number of aromatic nitrogens is 3. The van der Waals surface area contributed by atoms with Gasteiger partial charge in [-0.2, -0.15) is 0 Å². The molecule has 0 spiro atoms. The number of halogens is 1. The van der Waals surface area contributed by atoms with Gasteiger partial charge in [0.25, 0.3) is 0 Å². The molecule has 4 rings (SSSR count). The van der Waals surface area contributed by atoms with E-state index >= 15 is 0 Å². The lowest BCUT2D eigenvalue weighted by molar-refractivity contribution is -0.165. The number of hydrogen-bond donors (Lipinski definition) is 1. The van der Waals surface area contributed by atoms with Gasteiger partial charge in [-0.25, -0.2) is 9.97 Å². The van der Waals surface area contributed by atoms with Gasteiger partial charge in [0.1, 0.15) is 29.3 Å². The largest absolute Gasteiger partial charge is 0.390 e. The van der Waals surface area contributed by atoms with Gasteiger partial charge in [0, 0.05) is 6.20 Å². The molecule has 0 bridgehead atoms. The van der Waals surface area contributed by atoms with Gasteiger partial charge in [0.15, 0.2) is 5.79 Å². The van der Waals surface area contributed by atoms with Crippen LogP contribution in [-0.2, 0) is 9.47 Å². The normalized spacial score (nSPS) is 34.5. The highest BCUT2D eigenvalue weighted by molar-refractivity contribution is 6.33. The molecule has 0 unspecified atom stereocenters. The van der Waals surface area contributed by atoms with Gasteiger partial charge < -0.3 is 19.1 Å². The van der Waals surface area contributed by atoms with Crippen LogP contribution in [0.1, 0.15) is 26.3 Å². The molecule has 6 nitrogen and oxygen atoms in total. The van der Waals surface area contributed by atoms with Crippen LogP contribution in [0.15, 0.2) is 18.6 Å². The van der Waals surface area contributed by atoms with E-state index in [1.165, 1.54) is 6.33 Å². The first kappa shape index (κ1) is 13.5. The molecule has 1 aliphatic heterocycles. The Morgan fingerprint density at radius 3 is 2.90 bits per heavy atom. The average molecular weight is 310 g/mol. The molecule has 2 aromatic rings. The topological polar surface area (TPSA) is 69.4 Å². The summed E-state index contributed by atoms with van der Waals surface area (Å²) in [6, 6.07) is 1.86. The molecule has 2 aromatic heterocycles. The van der Waals surface area contributed by atoms with Gasteiger partial charge in [-0.3, -0.25) is 0 Å². The number of nitrogens with zero attached hydrogens (tertiary/aromatic N) is 3. The molecule has 7 heteroatoms. The zero-order chi connectivity index (χ0) is 14.8. The van der Waals surface area contributed by atoms with Crippen LogP contribution in [-0.4, -0.2) is 43.7 Å². The summed E-state index contributed by atoms with van der Waals surface area (Å²) in [5, 5.41) is 11.5. The van der Waals surface area contributed by atoms with E-state index in [4.69, 9.17) is 21.1 Å². The third-order valence-electron chi connectivity index (χ3n) is 4.22. The maximum absolute atomic E-state index is 10.3. The SMILES string of the molecule is CC1(C)O[C@@H]2[C@H](O1)[C@@H](O)C[C@H]2n1ccc2c(Cl)ncnc21. The van der Waals surface area contributed by atoms with Crippen molar-refractivity contribution in [3.63, 3.8) is 0 Å². The van der Waals surface area contributed by atoms with Crippen molar-refractivity contribution in [3.8, 4) is 0 Å². The zero-order valence-corrected chi connectivity index (χ0v) is 12.5. The van der Waals surface area contributed by atoms with E-state index in [1.54, 1.807) is 0 Å². The van der Waals surface area contributed by atoms with Gasteiger partial charge in [-0.15, -0.1) is 0 Å².